The van der Waals surface area contributed by atoms with Gasteiger partial charge in [-0.1, -0.05) is 12.1 Å². The first kappa shape index (κ1) is 23.7. The van der Waals surface area contributed by atoms with Gasteiger partial charge in [-0.25, -0.2) is 18.2 Å². The molecule has 0 aliphatic rings. The highest BCUT2D eigenvalue weighted by molar-refractivity contribution is 6.03. The number of amides is 1. The molecule has 180 valence electrons. The van der Waals surface area contributed by atoms with E-state index < -0.39 is 35.7 Å². The molecule has 0 radical (unpaired) electrons. The largest absolute Gasteiger partial charge is 0.497 e. The summed E-state index contributed by atoms with van der Waals surface area (Å²) in [5, 5.41) is 2.44. The maximum atomic E-state index is 14.8. The van der Waals surface area contributed by atoms with Gasteiger partial charge in [0.2, 0.25) is 5.95 Å². The highest BCUT2D eigenvalue weighted by Gasteiger charge is 2.21. The van der Waals surface area contributed by atoms with Crippen LogP contribution in [0.5, 0.6) is 11.5 Å². The number of ether oxygens (including phenoxy) is 2. The lowest BCUT2D eigenvalue weighted by molar-refractivity contribution is -0.0498. The molecule has 1 amide bonds. The number of hydrogen-bond donors (Lipinski definition) is 1. The number of rotatable bonds is 7. The van der Waals surface area contributed by atoms with Gasteiger partial charge < -0.3 is 9.47 Å². The van der Waals surface area contributed by atoms with E-state index in [0.29, 0.717) is 5.56 Å². The number of carbonyl (C=O) groups is 1. The van der Waals surface area contributed by atoms with Crippen molar-refractivity contribution in [2.45, 2.75) is 6.61 Å². The normalized spacial score (nSPS) is 10.9. The third kappa shape index (κ3) is 5.24. The van der Waals surface area contributed by atoms with E-state index in [1.54, 1.807) is 0 Å². The summed E-state index contributed by atoms with van der Waals surface area (Å²) in [6.07, 6.45) is 1.23. The second-order valence-corrected chi connectivity index (χ2v) is 7.13. The summed E-state index contributed by atoms with van der Waals surface area (Å²) >= 11 is 0. The van der Waals surface area contributed by atoms with Gasteiger partial charge in [0.1, 0.15) is 23.0 Å². The third-order valence-corrected chi connectivity index (χ3v) is 4.86. The molecule has 0 saturated heterocycles. The topological polar surface area (TPSA) is 65.4 Å². The quantitative estimate of drug-likeness (QED) is 0.333. The summed E-state index contributed by atoms with van der Waals surface area (Å²) in [5.74, 6) is -3.82. The molecular formula is C24H16F5N3O3. The number of alkyl halides is 2. The zero-order chi connectivity index (χ0) is 25.1. The minimum Gasteiger partial charge on any atom is -0.497 e. The van der Waals surface area contributed by atoms with Gasteiger partial charge in [-0.2, -0.15) is 8.78 Å². The number of aromatic nitrogens is 2. The van der Waals surface area contributed by atoms with Crippen molar-refractivity contribution in [3.8, 4) is 28.4 Å². The van der Waals surface area contributed by atoms with Crippen LogP contribution in [0, 0.1) is 17.5 Å². The first-order valence-corrected chi connectivity index (χ1v) is 10.00. The Hall–Kier alpha value is -4.41. The Kier molecular flexibility index (Phi) is 6.67. The molecule has 0 spiro atoms. The van der Waals surface area contributed by atoms with Gasteiger partial charge in [0.05, 0.1) is 12.8 Å². The molecule has 35 heavy (non-hydrogen) atoms. The maximum Gasteiger partial charge on any atom is 0.387 e. The molecule has 1 aromatic heterocycles. The van der Waals surface area contributed by atoms with Crippen LogP contribution in [0.1, 0.15) is 10.4 Å². The van der Waals surface area contributed by atoms with Crippen LogP contribution in [0.3, 0.4) is 0 Å². The van der Waals surface area contributed by atoms with Gasteiger partial charge in [-0.05, 0) is 36.4 Å². The fourth-order valence-corrected chi connectivity index (χ4v) is 3.28. The zero-order valence-corrected chi connectivity index (χ0v) is 17.9. The summed E-state index contributed by atoms with van der Waals surface area (Å²) < 4.78 is 78.2. The van der Waals surface area contributed by atoms with Crippen molar-refractivity contribution in [3.05, 3.63) is 89.9 Å². The highest BCUT2D eigenvalue weighted by atomic mass is 19.3. The summed E-state index contributed by atoms with van der Waals surface area (Å²) in [7, 11) is 1.25. The second kappa shape index (κ2) is 9.84. The second-order valence-electron chi connectivity index (χ2n) is 7.13. The lowest BCUT2D eigenvalue weighted by atomic mass is 10.2. The van der Waals surface area contributed by atoms with Gasteiger partial charge in [0, 0.05) is 29.5 Å². The van der Waals surface area contributed by atoms with Crippen molar-refractivity contribution < 1.29 is 36.2 Å². The van der Waals surface area contributed by atoms with Crippen LogP contribution >= 0.6 is 0 Å². The Morgan fingerprint density at radius 2 is 1.66 bits per heavy atom. The molecular weight excluding hydrogens is 473 g/mol. The fraction of sp³-hybridized carbons (Fsp3) is 0.0833. The van der Waals surface area contributed by atoms with Gasteiger partial charge in [0.15, 0.2) is 11.6 Å². The van der Waals surface area contributed by atoms with Crippen LogP contribution in [0.4, 0.5) is 27.9 Å². The van der Waals surface area contributed by atoms with Crippen LogP contribution in [0.15, 0.2) is 66.9 Å². The van der Waals surface area contributed by atoms with Gasteiger partial charge in [0.25, 0.3) is 5.91 Å². The van der Waals surface area contributed by atoms with E-state index in [2.05, 4.69) is 15.0 Å². The number of methoxy groups -OCH3 is 1. The maximum absolute atomic E-state index is 14.8. The van der Waals surface area contributed by atoms with Crippen molar-refractivity contribution in [2.75, 3.05) is 12.4 Å². The van der Waals surface area contributed by atoms with Gasteiger partial charge in [-0.3, -0.25) is 14.7 Å². The number of benzene rings is 3. The average molecular weight is 489 g/mol. The molecule has 0 fully saturated rings. The minimum atomic E-state index is -3.03. The first-order chi connectivity index (χ1) is 16.7. The Morgan fingerprint density at radius 3 is 2.26 bits per heavy atom. The van der Waals surface area contributed by atoms with Crippen molar-refractivity contribution in [2.24, 2.45) is 0 Å². The number of carbonyl (C=O) groups excluding carboxylic acids is 1. The number of halogens is 5. The Bertz CT molecular complexity index is 1350. The summed E-state index contributed by atoms with van der Waals surface area (Å²) in [6.45, 7) is -3.03. The number of nitrogens with one attached hydrogen (secondary N) is 1. The van der Waals surface area contributed by atoms with E-state index in [0.717, 1.165) is 28.8 Å². The van der Waals surface area contributed by atoms with Gasteiger partial charge in [-0.15, -0.1) is 0 Å². The van der Waals surface area contributed by atoms with Gasteiger partial charge >= 0.3 is 6.61 Å². The predicted octanol–water partition coefficient (Wildman–Crippen LogP) is 5.82. The SMILES string of the molecule is COc1cc(F)c(-n2cc(-c3cccc(F)c3)nc2NC(=O)c2ccc(OC(F)F)cc2)c(F)c1. The van der Waals surface area contributed by atoms with E-state index in [-0.39, 0.29) is 28.7 Å². The molecule has 6 nitrogen and oxygen atoms in total. The van der Waals surface area contributed by atoms with Crippen LogP contribution in [-0.2, 0) is 0 Å². The number of anilines is 1. The predicted molar refractivity (Wildman–Crippen MR) is 116 cm³/mol. The monoisotopic (exact) mass is 489 g/mol. The molecule has 0 bridgehead atoms. The van der Waals surface area contributed by atoms with E-state index in [1.165, 1.54) is 49.7 Å². The molecule has 1 N–H and O–H groups in total. The summed E-state index contributed by atoms with van der Waals surface area (Å²) in [6, 6.07) is 12.0. The Balaban J connectivity index is 1.75. The molecule has 0 unspecified atom stereocenters. The van der Waals surface area contributed by atoms with E-state index in [1.807, 2.05) is 0 Å². The molecule has 0 aliphatic heterocycles. The lowest BCUT2D eigenvalue weighted by Crippen LogP contribution is -2.16. The van der Waals surface area contributed by atoms with Crippen LogP contribution in [0.2, 0.25) is 0 Å². The van der Waals surface area contributed by atoms with E-state index in [9.17, 15) is 26.7 Å². The standard InChI is InChI=1S/C24H16F5N3O3/c1-34-17-10-18(26)21(19(27)11-17)32-12-20(14-3-2-4-15(25)9-14)30-24(32)31-22(33)13-5-7-16(8-6-13)35-23(28)29/h2-12,23H,1H3,(H,30,31,33). The van der Waals surface area contributed by atoms with Crippen LogP contribution < -0.4 is 14.8 Å². The van der Waals surface area contributed by atoms with Crippen molar-refractivity contribution in [1.82, 2.24) is 9.55 Å². The number of imidazole rings is 1. The molecule has 0 atom stereocenters. The zero-order valence-electron chi connectivity index (χ0n) is 17.9. The third-order valence-electron chi connectivity index (χ3n) is 4.86. The van der Waals surface area contributed by atoms with Crippen LogP contribution in [0.25, 0.3) is 16.9 Å². The molecule has 3 aromatic carbocycles. The van der Waals surface area contributed by atoms with Crippen molar-refractivity contribution in [1.29, 1.82) is 0 Å². The summed E-state index contributed by atoms with van der Waals surface area (Å²) in [5.41, 5.74) is -0.113. The molecule has 4 aromatic rings. The first-order valence-electron chi connectivity index (χ1n) is 10.00. The number of hydrogen-bond acceptors (Lipinski definition) is 4. The molecule has 0 aliphatic carbocycles. The highest BCUT2D eigenvalue weighted by Crippen LogP contribution is 2.30. The van der Waals surface area contributed by atoms with Crippen molar-refractivity contribution in [3.63, 3.8) is 0 Å². The Morgan fingerprint density at radius 1 is 0.971 bits per heavy atom. The van der Waals surface area contributed by atoms with Crippen LogP contribution in [-0.4, -0.2) is 29.2 Å². The van der Waals surface area contributed by atoms with E-state index >= 15 is 0 Å². The number of nitrogens with zero attached hydrogens (tertiary/aromatic N) is 2. The smallest absolute Gasteiger partial charge is 0.387 e. The lowest BCUT2D eigenvalue weighted by Gasteiger charge is -2.12. The van der Waals surface area contributed by atoms with Crippen molar-refractivity contribution >= 4 is 11.9 Å². The minimum absolute atomic E-state index is 0.0316. The molecule has 1 heterocycles. The molecule has 11 heteroatoms. The van der Waals surface area contributed by atoms with E-state index in [4.69, 9.17) is 4.74 Å². The fourth-order valence-electron chi connectivity index (χ4n) is 3.28. The molecule has 0 saturated carbocycles. The Labute approximate surface area is 195 Å². The molecule has 4 rings (SSSR count). The average Bonchev–Trinajstić information content (AvgIpc) is 3.21. The summed E-state index contributed by atoms with van der Waals surface area (Å²) in [4.78, 5) is 17.0.